The molecule has 0 bridgehead atoms. The smallest absolute Gasteiger partial charge is 0.198 e. The molecule has 47 heavy (non-hydrogen) atoms. The average molecular weight is 656 g/mol. The highest BCUT2D eigenvalue weighted by atomic mass is 16.7. The average Bonchev–Trinajstić information content (AvgIpc) is 3.44. The van der Waals surface area contributed by atoms with Crippen LogP contribution in [0.3, 0.4) is 0 Å². The van der Waals surface area contributed by atoms with E-state index in [1.165, 1.54) is 18.2 Å². The molecule has 5 N–H and O–H groups in total. The van der Waals surface area contributed by atoms with E-state index in [1.807, 2.05) is 13.8 Å². The van der Waals surface area contributed by atoms with Gasteiger partial charge in [-0.1, -0.05) is 18.2 Å². The zero-order valence-electron chi connectivity index (χ0n) is 25.9. The quantitative estimate of drug-likeness (QED) is 0.221. The Morgan fingerprint density at radius 2 is 1.85 bits per heavy atom. The number of ketones is 3. The minimum Gasteiger partial charge on any atom is -0.507 e. The summed E-state index contributed by atoms with van der Waals surface area (Å²) in [5, 5.41) is 54.5. The highest BCUT2D eigenvalue weighted by molar-refractivity contribution is 6.31. The third-order valence-corrected chi connectivity index (χ3v) is 10.0. The van der Waals surface area contributed by atoms with E-state index in [1.54, 1.807) is 0 Å². The van der Waals surface area contributed by atoms with Crippen molar-refractivity contribution < 1.29 is 63.6 Å². The van der Waals surface area contributed by atoms with Crippen LogP contribution in [-0.4, -0.2) is 117 Å². The van der Waals surface area contributed by atoms with Crippen LogP contribution in [0.15, 0.2) is 18.2 Å². The fraction of sp³-hybridized carbons (Fsp3) is 0.545. The van der Waals surface area contributed by atoms with Crippen LogP contribution in [0.5, 0.6) is 11.5 Å². The summed E-state index contributed by atoms with van der Waals surface area (Å²) in [5.74, 6) is -3.84. The number of phenols is 2. The first-order valence-electron chi connectivity index (χ1n) is 15.8. The van der Waals surface area contributed by atoms with Crippen molar-refractivity contribution in [3.05, 3.63) is 57.1 Å². The van der Waals surface area contributed by atoms with Crippen molar-refractivity contribution in [3.63, 3.8) is 0 Å². The molecular weight excluding hydrogens is 618 g/mol. The number of aliphatic hydroxyl groups excluding tert-OH is 2. The number of nitrogens with zero attached hydrogens (tertiary/aromatic N) is 1. The van der Waals surface area contributed by atoms with Gasteiger partial charge in [0.2, 0.25) is 0 Å². The number of morpholine rings is 1. The Labute approximate surface area is 269 Å². The summed E-state index contributed by atoms with van der Waals surface area (Å²) < 4.78 is 30.5. The number of benzene rings is 2. The number of carbonyl (C=O) groups excluding carboxylic acids is 3. The van der Waals surface area contributed by atoms with Gasteiger partial charge in [-0.15, -0.1) is 0 Å². The van der Waals surface area contributed by atoms with E-state index < -0.39 is 103 Å². The van der Waals surface area contributed by atoms with Crippen molar-refractivity contribution in [1.29, 1.82) is 0 Å². The lowest BCUT2D eigenvalue weighted by Crippen LogP contribution is -2.55. The Morgan fingerprint density at radius 3 is 2.57 bits per heavy atom. The largest absolute Gasteiger partial charge is 0.507 e. The van der Waals surface area contributed by atoms with Crippen LogP contribution >= 0.6 is 0 Å². The summed E-state index contributed by atoms with van der Waals surface area (Å²) in [6.45, 7) is 3.56. The summed E-state index contributed by atoms with van der Waals surface area (Å²) in [6.07, 6.45) is -4.87. The van der Waals surface area contributed by atoms with Crippen LogP contribution in [0, 0.1) is 0 Å². The summed E-state index contributed by atoms with van der Waals surface area (Å²) >= 11 is 0. The van der Waals surface area contributed by atoms with Gasteiger partial charge < -0.3 is 49.2 Å². The van der Waals surface area contributed by atoms with Crippen LogP contribution in [-0.2, 0) is 41.5 Å². The third-order valence-electron chi connectivity index (χ3n) is 10.0. The van der Waals surface area contributed by atoms with Crippen molar-refractivity contribution in [2.24, 2.45) is 0 Å². The second-order valence-corrected chi connectivity index (χ2v) is 12.6. The van der Waals surface area contributed by atoms with Crippen molar-refractivity contribution in [1.82, 2.24) is 4.90 Å². The molecule has 3 fully saturated rings. The molecule has 3 saturated heterocycles. The van der Waals surface area contributed by atoms with E-state index in [4.69, 9.17) is 23.7 Å². The zero-order chi connectivity index (χ0) is 33.4. The number of ether oxygens (including phenoxy) is 5. The molecule has 14 heteroatoms. The lowest BCUT2D eigenvalue weighted by Gasteiger charge is -2.43. The standard InChI is InChI=1S/C33H37NO13/c1-3-43-32-31-34(7-8-44-32)18-9-21(45-14(2)30(18)47-31)46-19-11-33(42,20(37)13-36)10-17-23(19)29(41)25-24(27(17)39)26(38)16-6-4-5-15(12-35)22(16)28(25)40/h4-6,14,18-19,21,30-32,35-36,39,41-42H,3,7-13H2,1-2H3/t14-,18-,19-,21-,30+,31+,32-,33-/m0/s1. The molecule has 0 saturated carbocycles. The number of aliphatic hydroxyl groups is 3. The van der Waals surface area contributed by atoms with Gasteiger partial charge in [0.25, 0.3) is 0 Å². The Bertz CT molecular complexity index is 1640. The zero-order valence-corrected chi connectivity index (χ0v) is 25.9. The van der Waals surface area contributed by atoms with Gasteiger partial charge in [-0.3, -0.25) is 19.3 Å². The fourth-order valence-corrected chi connectivity index (χ4v) is 7.86. The SMILES string of the molecule is CCO[C@H]1OCCN2[C@@H]1O[C@@H]1[C@H](C)O[C@@H](O[C@H]3C[C@](O)(C(=O)CO)Cc4c(O)c5c(c(O)c43)C(=O)c3c(CO)cccc3C5=O)C[C@@H]12. The molecule has 252 valence electrons. The first-order chi connectivity index (χ1) is 22.5. The molecule has 2 aromatic rings. The Hall–Kier alpha value is -3.31. The first kappa shape index (κ1) is 32.2. The van der Waals surface area contributed by atoms with Crippen LogP contribution in [0.2, 0.25) is 0 Å². The maximum absolute atomic E-state index is 13.9. The molecule has 3 heterocycles. The van der Waals surface area contributed by atoms with E-state index in [0.717, 1.165) is 0 Å². The van der Waals surface area contributed by atoms with E-state index in [9.17, 15) is 39.9 Å². The first-order valence-corrected chi connectivity index (χ1v) is 15.8. The van der Waals surface area contributed by atoms with E-state index in [-0.39, 0.29) is 46.4 Å². The van der Waals surface area contributed by atoms with Gasteiger partial charge in [0, 0.05) is 60.7 Å². The van der Waals surface area contributed by atoms with Crippen molar-refractivity contribution in [2.75, 3.05) is 26.4 Å². The number of hydrogen-bond donors (Lipinski definition) is 5. The van der Waals surface area contributed by atoms with Gasteiger partial charge in [-0.25, -0.2) is 0 Å². The molecule has 7 rings (SSSR count). The number of phenolic OH excluding ortho intramolecular Hbond substituents is 2. The maximum atomic E-state index is 13.9. The lowest BCUT2D eigenvalue weighted by atomic mass is 9.71. The normalized spacial score (nSPS) is 33.1. The number of aromatic hydroxyl groups is 2. The van der Waals surface area contributed by atoms with E-state index in [0.29, 0.717) is 19.8 Å². The summed E-state index contributed by atoms with van der Waals surface area (Å²) in [4.78, 5) is 42.6. The number of carbonyl (C=O) groups is 3. The van der Waals surface area contributed by atoms with Crippen LogP contribution < -0.4 is 0 Å². The van der Waals surface area contributed by atoms with Gasteiger partial charge in [-0.2, -0.15) is 0 Å². The predicted octanol–water partition coefficient (Wildman–Crippen LogP) is 0.585. The van der Waals surface area contributed by atoms with Gasteiger partial charge >= 0.3 is 0 Å². The van der Waals surface area contributed by atoms with Gasteiger partial charge in [-0.05, 0) is 19.4 Å². The molecule has 0 amide bonds. The van der Waals surface area contributed by atoms with Crippen molar-refractivity contribution >= 4 is 17.3 Å². The molecule has 3 aliphatic heterocycles. The highest BCUT2D eigenvalue weighted by Gasteiger charge is 2.55. The minimum absolute atomic E-state index is 0.0695. The topological polar surface area (TPSA) is 202 Å². The van der Waals surface area contributed by atoms with Gasteiger partial charge in [0.15, 0.2) is 36.2 Å². The number of Topliss-reactive ketones (excluding diaryl/α,β-unsaturated/α-hetero) is 1. The molecular formula is C33H37NO13. The maximum Gasteiger partial charge on any atom is 0.198 e. The fourth-order valence-electron chi connectivity index (χ4n) is 7.86. The summed E-state index contributed by atoms with van der Waals surface area (Å²) in [7, 11) is 0. The molecule has 2 aliphatic carbocycles. The third kappa shape index (κ3) is 4.93. The molecule has 8 atom stereocenters. The predicted molar refractivity (Wildman–Crippen MR) is 158 cm³/mol. The molecule has 2 aromatic carbocycles. The Morgan fingerprint density at radius 1 is 1.09 bits per heavy atom. The molecule has 0 radical (unpaired) electrons. The molecule has 0 spiro atoms. The van der Waals surface area contributed by atoms with Crippen LogP contribution in [0.1, 0.15) is 81.3 Å². The van der Waals surface area contributed by atoms with Crippen LogP contribution in [0.4, 0.5) is 0 Å². The Balaban J connectivity index is 1.28. The van der Waals surface area contributed by atoms with Crippen molar-refractivity contribution in [2.45, 2.75) is 88.5 Å². The van der Waals surface area contributed by atoms with Crippen LogP contribution in [0.25, 0.3) is 0 Å². The van der Waals surface area contributed by atoms with E-state index >= 15 is 0 Å². The highest BCUT2D eigenvalue weighted by Crippen LogP contribution is 2.52. The second-order valence-electron chi connectivity index (χ2n) is 12.6. The van der Waals surface area contributed by atoms with Gasteiger partial charge in [0.05, 0.1) is 36.5 Å². The second kappa shape index (κ2) is 12.0. The molecule has 0 aromatic heterocycles. The van der Waals surface area contributed by atoms with E-state index in [2.05, 4.69) is 4.90 Å². The lowest BCUT2D eigenvalue weighted by molar-refractivity contribution is -0.260. The Kier molecular flexibility index (Phi) is 8.22. The molecule has 0 unspecified atom stereocenters. The molecule has 5 aliphatic rings. The monoisotopic (exact) mass is 655 g/mol. The summed E-state index contributed by atoms with van der Waals surface area (Å²) in [6, 6.07) is 4.16. The number of fused-ring (bicyclic) bond motifs is 6. The number of rotatable bonds is 7. The van der Waals surface area contributed by atoms with Gasteiger partial charge in [0.1, 0.15) is 29.8 Å². The summed E-state index contributed by atoms with van der Waals surface area (Å²) in [5.41, 5.74) is -3.42. The molecule has 14 nitrogen and oxygen atoms in total. The van der Waals surface area contributed by atoms with Crippen molar-refractivity contribution in [3.8, 4) is 11.5 Å². The minimum atomic E-state index is -2.24. The number of hydrogen-bond acceptors (Lipinski definition) is 14.